The van der Waals surface area contributed by atoms with Crippen LogP contribution < -0.4 is 10.1 Å². The third-order valence-electron chi connectivity index (χ3n) is 3.26. The topological polar surface area (TPSA) is 21.3 Å². The van der Waals surface area contributed by atoms with Crippen LogP contribution in [-0.4, -0.2) is 6.54 Å². The summed E-state index contributed by atoms with van der Waals surface area (Å²) in [5.41, 5.74) is 3.27. The first-order valence-electron chi connectivity index (χ1n) is 7.36. The number of hydrogen-bond acceptors (Lipinski definition) is 2. The summed E-state index contributed by atoms with van der Waals surface area (Å²) in [6, 6.07) is 13.1. The lowest BCUT2D eigenvalue weighted by molar-refractivity contribution is 0.290. The van der Waals surface area contributed by atoms with Gasteiger partial charge in [0.25, 0.3) is 0 Å². The van der Waals surface area contributed by atoms with Crippen LogP contribution in [0.3, 0.4) is 0 Å². The Bertz CT molecular complexity index is 566. The number of aryl methyl sites for hydroxylation is 1. The van der Waals surface area contributed by atoms with E-state index in [1.54, 1.807) is 12.1 Å². The largest absolute Gasteiger partial charge is 0.486 e. The molecule has 1 N–H and O–H groups in total. The van der Waals surface area contributed by atoms with E-state index in [4.69, 9.17) is 4.74 Å². The van der Waals surface area contributed by atoms with Gasteiger partial charge < -0.3 is 10.1 Å². The van der Waals surface area contributed by atoms with Crippen molar-refractivity contribution in [1.82, 2.24) is 5.32 Å². The van der Waals surface area contributed by atoms with Crippen LogP contribution in [0.1, 0.15) is 30.0 Å². The molecule has 0 aliphatic heterocycles. The predicted octanol–water partition coefficient (Wildman–Crippen LogP) is 4.21. The molecule has 0 amide bonds. The second kappa shape index (κ2) is 7.79. The van der Waals surface area contributed by atoms with E-state index in [2.05, 4.69) is 24.4 Å². The molecule has 0 fully saturated rings. The first-order valence-corrected chi connectivity index (χ1v) is 7.36. The predicted molar refractivity (Wildman–Crippen MR) is 83.9 cm³/mol. The molecule has 21 heavy (non-hydrogen) atoms. The molecule has 0 unspecified atom stereocenters. The van der Waals surface area contributed by atoms with Crippen LogP contribution in [0.4, 0.5) is 4.39 Å². The van der Waals surface area contributed by atoms with E-state index in [-0.39, 0.29) is 5.82 Å². The lowest BCUT2D eigenvalue weighted by atomic mass is 10.1. The third kappa shape index (κ3) is 4.87. The molecule has 3 heteroatoms. The van der Waals surface area contributed by atoms with Crippen molar-refractivity contribution in [3.63, 3.8) is 0 Å². The van der Waals surface area contributed by atoms with Crippen LogP contribution in [0.25, 0.3) is 0 Å². The minimum Gasteiger partial charge on any atom is -0.486 e. The Balaban J connectivity index is 1.90. The van der Waals surface area contributed by atoms with Gasteiger partial charge in [-0.3, -0.25) is 0 Å². The molecule has 2 aromatic rings. The third-order valence-corrected chi connectivity index (χ3v) is 3.26. The zero-order chi connectivity index (χ0) is 15.1. The molecule has 0 saturated heterocycles. The van der Waals surface area contributed by atoms with E-state index in [1.807, 2.05) is 19.1 Å². The minimum atomic E-state index is -0.319. The lowest BCUT2D eigenvalue weighted by Crippen LogP contribution is -2.13. The van der Waals surface area contributed by atoms with Gasteiger partial charge in [-0.2, -0.15) is 0 Å². The summed E-state index contributed by atoms with van der Waals surface area (Å²) in [5, 5.41) is 3.36. The Morgan fingerprint density at radius 1 is 1.05 bits per heavy atom. The number of hydrogen-bond donors (Lipinski definition) is 1. The molecule has 0 aromatic heterocycles. The van der Waals surface area contributed by atoms with Crippen LogP contribution in [0, 0.1) is 12.7 Å². The van der Waals surface area contributed by atoms with Crippen molar-refractivity contribution >= 4 is 0 Å². The molecule has 0 bridgehead atoms. The average Bonchev–Trinajstić information content (AvgIpc) is 2.50. The van der Waals surface area contributed by atoms with E-state index in [0.717, 1.165) is 30.6 Å². The second-order valence-corrected chi connectivity index (χ2v) is 5.22. The molecule has 0 radical (unpaired) electrons. The van der Waals surface area contributed by atoms with Crippen molar-refractivity contribution in [3.05, 3.63) is 65.0 Å². The van der Waals surface area contributed by atoms with Crippen LogP contribution >= 0.6 is 0 Å². The number of rotatable bonds is 7. The fourth-order valence-electron chi connectivity index (χ4n) is 2.05. The van der Waals surface area contributed by atoms with Gasteiger partial charge in [-0.25, -0.2) is 4.39 Å². The van der Waals surface area contributed by atoms with Crippen molar-refractivity contribution in [3.8, 4) is 5.75 Å². The van der Waals surface area contributed by atoms with Gasteiger partial charge in [-0.05, 0) is 48.7 Å². The number of ether oxygens (including phenoxy) is 1. The molecule has 2 aromatic carbocycles. The molecule has 0 atom stereocenters. The zero-order valence-electron chi connectivity index (χ0n) is 12.7. The molecular formula is C18H22FNO. The Hall–Kier alpha value is -1.87. The number of nitrogens with one attached hydrogen (secondary N) is 1. The molecular weight excluding hydrogens is 265 g/mol. The van der Waals surface area contributed by atoms with E-state index in [1.165, 1.54) is 11.6 Å². The van der Waals surface area contributed by atoms with Gasteiger partial charge in [0.1, 0.15) is 6.61 Å². The molecule has 2 nitrogen and oxygen atoms in total. The first kappa shape index (κ1) is 15.5. The fraction of sp³-hybridized carbons (Fsp3) is 0.333. The van der Waals surface area contributed by atoms with Crippen molar-refractivity contribution < 1.29 is 9.13 Å². The Morgan fingerprint density at radius 3 is 2.48 bits per heavy atom. The maximum Gasteiger partial charge on any atom is 0.165 e. The number of benzene rings is 2. The summed E-state index contributed by atoms with van der Waals surface area (Å²) in [5.74, 6) is -0.00956. The van der Waals surface area contributed by atoms with E-state index < -0.39 is 0 Å². The van der Waals surface area contributed by atoms with Crippen LogP contribution in [-0.2, 0) is 13.2 Å². The van der Waals surface area contributed by atoms with Crippen LogP contribution in [0.15, 0.2) is 42.5 Å². The maximum absolute atomic E-state index is 13.6. The average molecular weight is 287 g/mol. The van der Waals surface area contributed by atoms with Crippen molar-refractivity contribution in [2.24, 2.45) is 0 Å². The summed E-state index contributed by atoms with van der Waals surface area (Å²) in [7, 11) is 0. The van der Waals surface area contributed by atoms with Gasteiger partial charge in [-0.15, -0.1) is 0 Å². The minimum absolute atomic E-state index is 0.309. The van der Waals surface area contributed by atoms with Gasteiger partial charge in [-0.1, -0.05) is 37.3 Å². The van der Waals surface area contributed by atoms with Gasteiger partial charge >= 0.3 is 0 Å². The maximum atomic E-state index is 13.6. The first-order chi connectivity index (χ1) is 10.2. The summed E-state index contributed by atoms with van der Waals surface area (Å²) < 4.78 is 19.1. The molecule has 0 heterocycles. The molecule has 0 aliphatic carbocycles. The van der Waals surface area contributed by atoms with Gasteiger partial charge in [0, 0.05) is 6.54 Å². The van der Waals surface area contributed by atoms with Crippen molar-refractivity contribution in [2.75, 3.05) is 6.54 Å². The fourth-order valence-corrected chi connectivity index (χ4v) is 2.05. The summed E-state index contributed by atoms with van der Waals surface area (Å²) >= 11 is 0. The van der Waals surface area contributed by atoms with Crippen LogP contribution in [0.2, 0.25) is 0 Å². The highest BCUT2D eigenvalue weighted by atomic mass is 19.1. The second-order valence-electron chi connectivity index (χ2n) is 5.22. The monoisotopic (exact) mass is 287 g/mol. The van der Waals surface area contributed by atoms with E-state index >= 15 is 0 Å². The SMILES string of the molecule is CCCNCc1ccc(COc2cc(C)ccc2F)cc1. The number of halogens is 1. The Morgan fingerprint density at radius 2 is 1.76 bits per heavy atom. The quantitative estimate of drug-likeness (QED) is 0.770. The summed E-state index contributed by atoms with van der Waals surface area (Å²) in [6.45, 7) is 6.35. The summed E-state index contributed by atoms with van der Waals surface area (Å²) in [6.07, 6.45) is 1.13. The van der Waals surface area contributed by atoms with E-state index in [0.29, 0.717) is 12.4 Å². The van der Waals surface area contributed by atoms with Crippen LogP contribution in [0.5, 0.6) is 5.75 Å². The Labute approximate surface area is 126 Å². The molecule has 0 saturated carbocycles. The van der Waals surface area contributed by atoms with Gasteiger partial charge in [0.2, 0.25) is 0 Å². The van der Waals surface area contributed by atoms with Gasteiger partial charge in [0.05, 0.1) is 0 Å². The molecule has 2 rings (SSSR count). The highest BCUT2D eigenvalue weighted by Crippen LogP contribution is 2.19. The lowest BCUT2D eigenvalue weighted by Gasteiger charge is -2.09. The normalized spacial score (nSPS) is 10.6. The Kier molecular flexibility index (Phi) is 5.76. The highest BCUT2D eigenvalue weighted by Gasteiger charge is 2.04. The van der Waals surface area contributed by atoms with Crippen molar-refractivity contribution in [2.45, 2.75) is 33.4 Å². The molecule has 112 valence electrons. The molecule has 0 spiro atoms. The highest BCUT2D eigenvalue weighted by molar-refractivity contribution is 5.30. The van der Waals surface area contributed by atoms with E-state index in [9.17, 15) is 4.39 Å². The molecule has 0 aliphatic rings. The summed E-state index contributed by atoms with van der Waals surface area (Å²) in [4.78, 5) is 0. The zero-order valence-corrected chi connectivity index (χ0v) is 12.7. The smallest absolute Gasteiger partial charge is 0.165 e. The van der Waals surface area contributed by atoms with Gasteiger partial charge in [0.15, 0.2) is 11.6 Å². The standard InChI is InChI=1S/C18H22FNO/c1-3-10-20-12-15-5-7-16(8-6-15)13-21-18-11-14(2)4-9-17(18)19/h4-9,11,20H,3,10,12-13H2,1-2H3. The van der Waals surface area contributed by atoms with Crippen molar-refractivity contribution in [1.29, 1.82) is 0 Å².